The molecule has 1 rings (SSSR count). The molecule has 0 radical (unpaired) electrons. The molecule has 1 amide bonds. The summed E-state index contributed by atoms with van der Waals surface area (Å²) in [6.07, 6.45) is 6.40. The number of hydrogen-bond donors (Lipinski definition) is 2. The van der Waals surface area contributed by atoms with E-state index < -0.39 is 0 Å². The number of rotatable bonds is 7. The van der Waals surface area contributed by atoms with Crippen LogP contribution >= 0.6 is 0 Å². The maximum absolute atomic E-state index is 11.8. The maximum atomic E-state index is 11.8. The molecule has 2 N–H and O–H groups in total. The molecule has 0 aromatic heterocycles. The standard InChI is InChI=1S/C18H36N4O/c1-7-14(2)21-17(19-12-16(23)22(5)6)20-13-18(3,4)15-10-8-9-11-15/h14-15H,7-13H2,1-6H3,(H2,19,20,21). The van der Waals surface area contributed by atoms with Gasteiger partial charge in [0, 0.05) is 26.7 Å². The summed E-state index contributed by atoms with van der Waals surface area (Å²) >= 11 is 0. The Bertz CT molecular complexity index is 398. The van der Waals surface area contributed by atoms with Crippen molar-refractivity contribution >= 4 is 11.9 Å². The number of carbonyl (C=O) groups is 1. The molecule has 0 heterocycles. The summed E-state index contributed by atoms with van der Waals surface area (Å²) in [7, 11) is 3.52. The zero-order valence-electron chi connectivity index (χ0n) is 15.9. The number of aliphatic imine (C=N–C) groups is 1. The van der Waals surface area contributed by atoms with Crippen LogP contribution in [-0.4, -0.2) is 50.0 Å². The second kappa shape index (κ2) is 9.14. The Morgan fingerprint density at radius 1 is 1.30 bits per heavy atom. The van der Waals surface area contributed by atoms with Crippen molar-refractivity contribution in [1.82, 2.24) is 15.5 Å². The lowest BCUT2D eigenvalue weighted by molar-refractivity contribution is -0.127. The van der Waals surface area contributed by atoms with Crippen LogP contribution in [0.15, 0.2) is 4.99 Å². The van der Waals surface area contributed by atoms with Crippen molar-refractivity contribution in [2.24, 2.45) is 16.3 Å². The van der Waals surface area contributed by atoms with Gasteiger partial charge in [-0.25, -0.2) is 4.99 Å². The highest BCUT2D eigenvalue weighted by molar-refractivity contribution is 5.84. The Balaban J connectivity index is 2.64. The molecule has 1 fully saturated rings. The maximum Gasteiger partial charge on any atom is 0.243 e. The Kier molecular flexibility index (Phi) is 7.86. The first-order valence-electron chi connectivity index (χ1n) is 9.01. The minimum absolute atomic E-state index is 0.0188. The third-order valence-electron chi connectivity index (χ3n) is 5.04. The first kappa shape index (κ1) is 19.8. The van der Waals surface area contributed by atoms with E-state index in [2.05, 4.69) is 43.3 Å². The molecule has 23 heavy (non-hydrogen) atoms. The molecule has 1 atom stereocenters. The smallest absolute Gasteiger partial charge is 0.243 e. The fraction of sp³-hybridized carbons (Fsp3) is 0.889. The third kappa shape index (κ3) is 6.80. The minimum Gasteiger partial charge on any atom is -0.356 e. The molecular weight excluding hydrogens is 288 g/mol. The van der Waals surface area contributed by atoms with Gasteiger partial charge in [0.1, 0.15) is 6.54 Å². The summed E-state index contributed by atoms with van der Waals surface area (Å²) < 4.78 is 0. The summed E-state index contributed by atoms with van der Waals surface area (Å²) in [5.74, 6) is 1.55. The number of guanidine groups is 1. The minimum atomic E-state index is 0.0188. The van der Waals surface area contributed by atoms with Gasteiger partial charge >= 0.3 is 0 Å². The fourth-order valence-corrected chi connectivity index (χ4v) is 2.94. The second-order valence-electron chi connectivity index (χ2n) is 7.73. The highest BCUT2D eigenvalue weighted by Gasteiger charge is 2.31. The molecule has 0 aliphatic heterocycles. The summed E-state index contributed by atoms with van der Waals surface area (Å²) in [5, 5.41) is 6.86. The largest absolute Gasteiger partial charge is 0.356 e. The predicted molar refractivity (Wildman–Crippen MR) is 97.6 cm³/mol. The van der Waals surface area contributed by atoms with Crippen molar-refractivity contribution in [2.45, 2.75) is 65.8 Å². The Labute approximate surface area is 142 Å². The third-order valence-corrected chi connectivity index (χ3v) is 5.04. The molecule has 0 spiro atoms. The van der Waals surface area contributed by atoms with Gasteiger partial charge < -0.3 is 15.5 Å². The SMILES string of the molecule is CCC(C)NC(=NCC(=O)N(C)C)NCC(C)(C)C1CCCC1. The Hall–Kier alpha value is -1.26. The lowest BCUT2D eigenvalue weighted by Crippen LogP contribution is -2.47. The van der Waals surface area contributed by atoms with Gasteiger partial charge in [-0.15, -0.1) is 0 Å². The first-order valence-corrected chi connectivity index (χ1v) is 9.01. The Morgan fingerprint density at radius 3 is 2.43 bits per heavy atom. The monoisotopic (exact) mass is 324 g/mol. The summed E-state index contributed by atoms with van der Waals surface area (Å²) in [6, 6.07) is 0.338. The van der Waals surface area contributed by atoms with E-state index in [4.69, 9.17) is 0 Å². The molecule has 1 aliphatic carbocycles. The molecule has 134 valence electrons. The quantitative estimate of drug-likeness (QED) is 0.559. The van der Waals surface area contributed by atoms with Crippen molar-refractivity contribution < 1.29 is 4.79 Å². The first-order chi connectivity index (χ1) is 10.8. The van der Waals surface area contributed by atoms with E-state index in [1.807, 2.05) is 0 Å². The van der Waals surface area contributed by atoms with Gasteiger partial charge in [0.2, 0.25) is 5.91 Å². The van der Waals surface area contributed by atoms with Crippen LogP contribution < -0.4 is 10.6 Å². The highest BCUT2D eigenvalue weighted by atomic mass is 16.2. The highest BCUT2D eigenvalue weighted by Crippen LogP contribution is 2.38. The zero-order valence-corrected chi connectivity index (χ0v) is 15.9. The summed E-state index contributed by atoms with van der Waals surface area (Å²) in [4.78, 5) is 17.8. The van der Waals surface area contributed by atoms with Crippen molar-refractivity contribution in [3.63, 3.8) is 0 Å². The number of hydrogen-bond acceptors (Lipinski definition) is 2. The fourth-order valence-electron chi connectivity index (χ4n) is 2.94. The molecule has 0 bridgehead atoms. The average molecular weight is 325 g/mol. The molecular formula is C18H36N4O. The molecule has 1 saturated carbocycles. The van der Waals surface area contributed by atoms with E-state index in [1.54, 1.807) is 19.0 Å². The number of nitrogens with one attached hydrogen (secondary N) is 2. The van der Waals surface area contributed by atoms with Gasteiger partial charge in [0.25, 0.3) is 0 Å². The van der Waals surface area contributed by atoms with E-state index in [1.165, 1.54) is 25.7 Å². The molecule has 5 nitrogen and oxygen atoms in total. The van der Waals surface area contributed by atoms with Gasteiger partial charge in [-0.3, -0.25) is 4.79 Å². The second-order valence-corrected chi connectivity index (χ2v) is 7.73. The van der Waals surface area contributed by atoms with E-state index in [0.29, 0.717) is 6.04 Å². The van der Waals surface area contributed by atoms with Gasteiger partial charge in [0.05, 0.1) is 0 Å². The zero-order chi connectivity index (χ0) is 17.5. The van der Waals surface area contributed by atoms with Crippen LogP contribution in [0.3, 0.4) is 0 Å². The molecule has 1 aliphatic rings. The van der Waals surface area contributed by atoms with Crippen LogP contribution in [0.2, 0.25) is 0 Å². The molecule has 0 saturated heterocycles. The molecule has 0 aromatic carbocycles. The van der Waals surface area contributed by atoms with E-state index in [-0.39, 0.29) is 17.9 Å². The number of likely N-dealkylation sites (N-methyl/N-ethyl adjacent to an activating group) is 1. The van der Waals surface area contributed by atoms with Crippen molar-refractivity contribution in [3.05, 3.63) is 0 Å². The van der Waals surface area contributed by atoms with Crippen LogP contribution in [0.4, 0.5) is 0 Å². The van der Waals surface area contributed by atoms with Crippen molar-refractivity contribution in [3.8, 4) is 0 Å². The lowest BCUT2D eigenvalue weighted by atomic mass is 9.78. The van der Waals surface area contributed by atoms with Crippen LogP contribution in [0.1, 0.15) is 59.8 Å². The lowest BCUT2D eigenvalue weighted by Gasteiger charge is -2.32. The van der Waals surface area contributed by atoms with Crippen LogP contribution in [0, 0.1) is 11.3 Å². The predicted octanol–water partition coefficient (Wildman–Crippen LogP) is 2.62. The topological polar surface area (TPSA) is 56.7 Å². The van der Waals surface area contributed by atoms with E-state index in [9.17, 15) is 4.79 Å². The van der Waals surface area contributed by atoms with Crippen LogP contribution in [0.25, 0.3) is 0 Å². The van der Waals surface area contributed by atoms with Gasteiger partial charge in [-0.05, 0) is 37.5 Å². The number of amides is 1. The average Bonchev–Trinajstić information content (AvgIpc) is 3.04. The summed E-state index contributed by atoms with van der Waals surface area (Å²) in [6.45, 7) is 10.0. The number of nitrogens with zero attached hydrogens (tertiary/aromatic N) is 2. The molecule has 5 heteroatoms. The number of carbonyl (C=O) groups excluding carboxylic acids is 1. The van der Waals surface area contributed by atoms with Crippen LogP contribution in [-0.2, 0) is 4.79 Å². The van der Waals surface area contributed by atoms with Gasteiger partial charge in [-0.2, -0.15) is 0 Å². The normalized spacial score (nSPS) is 17.9. The van der Waals surface area contributed by atoms with Crippen LogP contribution in [0.5, 0.6) is 0 Å². The summed E-state index contributed by atoms with van der Waals surface area (Å²) in [5.41, 5.74) is 0.250. The van der Waals surface area contributed by atoms with Gasteiger partial charge in [-0.1, -0.05) is 33.6 Å². The Morgan fingerprint density at radius 2 is 1.91 bits per heavy atom. The molecule has 0 aromatic rings. The van der Waals surface area contributed by atoms with Crippen molar-refractivity contribution in [1.29, 1.82) is 0 Å². The van der Waals surface area contributed by atoms with Gasteiger partial charge in [0.15, 0.2) is 5.96 Å². The molecule has 1 unspecified atom stereocenters. The van der Waals surface area contributed by atoms with Crippen molar-refractivity contribution in [2.75, 3.05) is 27.2 Å². The van der Waals surface area contributed by atoms with E-state index in [0.717, 1.165) is 24.8 Å². The van der Waals surface area contributed by atoms with E-state index >= 15 is 0 Å².